The topological polar surface area (TPSA) is 72.8 Å². The quantitative estimate of drug-likeness (QED) is 0.0374. The molecular formula is C59H98O5. The van der Waals surface area contributed by atoms with E-state index in [1.54, 1.807) is 0 Å². The molecule has 0 saturated heterocycles. The predicted molar refractivity (Wildman–Crippen MR) is 279 cm³/mol. The second-order valence-electron chi connectivity index (χ2n) is 17.2. The van der Waals surface area contributed by atoms with Crippen LogP contribution in [0.4, 0.5) is 0 Å². The van der Waals surface area contributed by atoms with Crippen molar-refractivity contribution in [3.63, 3.8) is 0 Å². The average molecular weight is 887 g/mol. The van der Waals surface area contributed by atoms with E-state index in [-0.39, 0.29) is 25.2 Å². The summed E-state index contributed by atoms with van der Waals surface area (Å²) in [5.41, 5.74) is 0. The van der Waals surface area contributed by atoms with E-state index < -0.39 is 6.10 Å². The second-order valence-corrected chi connectivity index (χ2v) is 17.2. The summed E-state index contributed by atoms with van der Waals surface area (Å²) in [7, 11) is 0. The summed E-state index contributed by atoms with van der Waals surface area (Å²) in [4.78, 5) is 24.5. The van der Waals surface area contributed by atoms with Crippen LogP contribution < -0.4 is 0 Å². The fourth-order valence-electron chi connectivity index (χ4n) is 7.09. The monoisotopic (exact) mass is 887 g/mol. The molecule has 0 spiro atoms. The van der Waals surface area contributed by atoms with Crippen molar-refractivity contribution < 1.29 is 24.2 Å². The first-order valence-corrected chi connectivity index (χ1v) is 26.4. The Labute approximate surface area is 395 Å². The van der Waals surface area contributed by atoms with Gasteiger partial charge in [0.1, 0.15) is 6.61 Å². The summed E-state index contributed by atoms with van der Waals surface area (Å²) in [5, 5.41) is 9.64. The van der Waals surface area contributed by atoms with Gasteiger partial charge in [0, 0.05) is 12.8 Å². The first-order valence-electron chi connectivity index (χ1n) is 26.4. The standard InChI is InChI=1S/C59H98O5/c1-3-5-7-9-11-13-15-17-19-21-23-25-26-27-28-29-30-31-32-34-36-38-40-42-44-46-48-50-52-54-59(62)64-57(55-60)56-63-58(61)53-51-49-47-45-43-41-39-37-35-33-24-22-20-18-16-14-12-10-8-6-4-2/h5,7,11,13,16-19,22-25,27-28,30-31,34,36,57,60H,3-4,6,8-10,12,14-15,20-21,26,29,32-33,35,37-56H2,1-2H3/b7-5-,13-11-,18-16-,19-17-,24-22-,25-23-,28-27-,31-30-,36-34-. The average Bonchev–Trinajstić information content (AvgIpc) is 3.30. The lowest BCUT2D eigenvalue weighted by atomic mass is 10.1. The highest BCUT2D eigenvalue weighted by Gasteiger charge is 2.16. The Hall–Kier alpha value is -3.44. The third-order valence-corrected chi connectivity index (χ3v) is 11.1. The molecule has 0 aliphatic carbocycles. The summed E-state index contributed by atoms with van der Waals surface area (Å²) in [6.45, 7) is 4.01. The molecule has 364 valence electrons. The number of carbonyl (C=O) groups excluding carboxylic acids is 2. The van der Waals surface area contributed by atoms with Gasteiger partial charge in [-0.25, -0.2) is 0 Å². The number of carbonyl (C=O) groups is 2. The van der Waals surface area contributed by atoms with E-state index in [2.05, 4.69) is 123 Å². The molecule has 0 aromatic rings. The largest absolute Gasteiger partial charge is 0.462 e. The van der Waals surface area contributed by atoms with E-state index in [0.29, 0.717) is 12.8 Å². The lowest BCUT2D eigenvalue weighted by Crippen LogP contribution is -2.28. The second kappa shape index (κ2) is 53.9. The van der Waals surface area contributed by atoms with Gasteiger partial charge in [0.15, 0.2) is 6.10 Å². The van der Waals surface area contributed by atoms with Crippen LogP contribution in [-0.4, -0.2) is 36.4 Å². The highest BCUT2D eigenvalue weighted by atomic mass is 16.6. The van der Waals surface area contributed by atoms with Crippen molar-refractivity contribution >= 4 is 11.9 Å². The predicted octanol–water partition coefficient (Wildman–Crippen LogP) is 17.7. The van der Waals surface area contributed by atoms with Crippen LogP contribution in [0.3, 0.4) is 0 Å². The van der Waals surface area contributed by atoms with Gasteiger partial charge in [-0.1, -0.05) is 226 Å². The number of aliphatic hydroxyl groups is 1. The zero-order valence-electron chi connectivity index (χ0n) is 41.5. The number of unbranched alkanes of at least 4 members (excludes halogenated alkanes) is 21. The maximum atomic E-state index is 12.3. The van der Waals surface area contributed by atoms with Gasteiger partial charge in [-0.05, 0) is 103 Å². The highest BCUT2D eigenvalue weighted by molar-refractivity contribution is 5.70. The minimum Gasteiger partial charge on any atom is -0.462 e. The zero-order valence-corrected chi connectivity index (χ0v) is 41.5. The van der Waals surface area contributed by atoms with E-state index in [1.165, 1.54) is 109 Å². The molecule has 0 bridgehead atoms. The van der Waals surface area contributed by atoms with Crippen molar-refractivity contribution in [2.45, 2.75) is 238 Å². The van der Waals surface area contributed by atoms with Crippen LogP contribution in [0.2, 0.25) is 0 Å². The van der Waals surface area contributed by atoms with Crippen molar-refractivity contribution in [2.75, 3.05) is 13.2 Å². The van der Waals surface area contributed by atoms with Crippen molar-refractivity contribution in [3.05, 3.63) is 109 Å². The molecule has 0 heterocycles. The van der Waals surface area contributed by atoms with E-state index >= 15 is 0 Å². The smallest absolute Gasteiger partial charge is 0.306 e. The van der Waals surface area contributed by atoms with Gasteiger partial charge in [-0.3, -0.25) is 9.59 Å². The highest BCUT2D eigenvalue weighted by Crippen LogP contribution is 2.14. The third kappa shape index (κ3) is 51.2. The van der Waals surface area contributed by atoms with Crippen LogP contribution in [-0.2, 0) is 19.1 Å². The van der Waals surface area contributed by atoms with Crippen molar-refractivity contribution in [1.29, 1.82) is 0 Å². The van der Waals surface area contributed by atoms with E-state index in [9.17, 15) is 14.7 Å². The van der Waals surface area contributed by atoms with Gasteiger partial charge in [0.2, 0.25) is 0 Å². The molecule has 0 saturated carbocycles. The Morgan fingerprint density at radius 2 is 0.672 bits per heavy atom. The number of esters is 2. The molecule has 0 radical (unpaired) electrons. The molecule has 0 aromatic heterocycles. The molecule has 5 nitrogen and oxygen atoms in total. The Morgan fingerprint density at radius 3 is 1.02 bits per heavy atom. The van der Waals surface area contributed by atoms with Crippen LogP contribution in [0.25, 0.3) is 0 Å². The molecule has 0 aliphatic rings. The first kappa shape index (κ1) is 60.6. The number of ether oxygens (including phenoxy) is 2. The van der Waals surface area contributed by atoms with Crippen molar-refractivity contribution in [2.24, 2.45) is 0 Å². The lowest BCUT2D eigenvalue weighted by molar-refractivity contribution is -0.161. The van der Waals surface area contributed by atoms with Crippen LogP contribution in [0.15, 0.2) is 109 Å². The van der Waals surface area contributed by atoms with Crippen LogP contribution in [0, 0.1) is 0 Å². The minimum atomic E-state index is -0.788. The fourth-order valence-corrected chi connectivity index (χ4v) is 7.09. The number of hydrogen-bond acceptors (Lipinski definition) is 5. The van der Waals surface area contributed by atoms with Gasteiger partial charge < -0.3 is 14.6 Å². The van der Waals surface area contributed by atoms with Gasteiger partial charge in [-0.15, -0.1) is 0 Å². The number of rotatable bonds is 47. The molecule has 0 aromatic carbocycles. The van der Waals surface area contributed by atoms with Gasteiger partial charge in [-0.2, -0.15) is 0 Å². The molecule has 0 aliphatic heterocycles. The van der Waals surface area contributed by atoms with Crippen molar-refractivity contribution in [1.82, 2.24) is 0 Å². The van der Waals surface area contributed by atoms with Crippen molar-refractivity contribution in [3.8, 4) is 0 Å². The number of hydrogen-bond donors (Lipinski definition) is 1. The minimum absolute atomic E-state index is 0.0785. The van der Waals surface area contributed by atoms with Crippen LogP contribution >= 0.6 is 0 Å². The molecule has 5 heteroatoms. The maximum absolute atomic E-state index is 12.3. The molecule has 1 unspecified atom stereocenters. The zero-order chi connectivity index (χ0) is 46.3. The molecule has 0 fully saturated rings. The molecule has 0 rings (SSSR count). The lowest BCUT2D eigenvalue weighted by Gasteiger charge is -2.15. The number of aliphatic hydroxyl groups excluding tert-OH is 1. The Kier molecular flexibility index (Phi) is 51.0. The van der Waals surface area contributed by atoms with Gasteiger partial charge in [0.25, 0.3) is 0 Å². The summed E-state index contributed by atoms with van der Waals surface area (Å²) < 4.78 is 10.7. The Balaban J connectivity index is 3.59. The molecule has 0 amide bonds. The molecular weight excluding hydrogens is 789 g/mol. The Bertz CT molecular complexity index is 1280. The van der Waals surface area contributed by atoms with E-state index in [0.717, 1.165) is 96.3 Å². The Morgan fingerprint density at radius 1 is 0.375 bits per heavy atom. The third-order valence-electron chi connectivity index (χ3n) is 11.1. The normalized spacial score (nSPS) is 13.1. The SMILES string of the molecule is CC/C=C\C/C=C\C/C=C\C/C=C\C/C=C\C/C=C\C/C=C\CCCCCCCCCC(=O)OC(CO)COC(=O)CCCCCCCCCCC/C=C\C/C=C\CCCCCCC. The summed E-state index contributed by atoms with van der Waals surface area (Å²) in [6.07, 6.45) is 77.5. The summed E-state index contributed by atoms with van der Waals surface area (Å²) >= 11 is 0. The van der Waals surface area contributed by atoms with Crippen LogP contribution in [0.5, 0.6) is 0 Å². The van der Waals surface area contributed by atoms with Gasteiger partial charge >= 0.3 is 11.9 Å². The van der Waals surface area contributed by atoms with E-state index in [1.807, 2.05) is 0 Å². The fraction of sp³-hybridized carbons (Fsp3) is 0.661. The maximum Gasteiger partial charge on any atom is 0.306 e. The van der Waals surface area contributed by atoms with Crippen LogP contribution in [0.1, 0.15) is 232 Å². The molecule has 1 N–H and O–H groups in total. The summed E-state index contributed by atoms with van der Waals surface area (Å²) in [6, 6.07) is 0. The molecule has 1 atom stereocenters. The molecule has 64 heavy (non-hydrogen) atoms. The number of allylic oxidation sites excluding steroid dienone is 18. The first-order chi connectivity index (χ1) is 31.6. The van der Waals surface area contributed by atoms with Gasteiger partial charge in [0.05, 0.1) is 6.61 Å². The summed E-state index contributed by atoms with van der Waals surface area (Å²) in [5.74, 6) is -0.612. The van der Waals surface area contributed by atoms with E-state index in [4.69, 9.17) is 9.47 Å².